The molecule has 0 aromatic carbocycles. The maximum atomic E-state index is 10.5. The molecule has 0 radical (unpaired) electrons. The summed E-state index contributed by atoms with van der Waals surface area (Å²) in [6.07, 6.45) is 1.79. The fourth-order valence-electron chi connectivity index (χ4n) is 1.45. The molecule has 0 saturated heterocycles. The van der Waals surface area contributed by atoms with Crippen molar-refractivity contribution >= 4 is 11.5 Å². The normalized spacial score (nSPS) is 10.6. The number of carbonyl (C=O) groups is 1. The highest BCUT2D eigenvalue weighted by molar-refractivity contribution is 5.70. The standard InChI is InChI=1S/C10H10N2O2/c1-7-3-2-4-12-9(7)5-8(11-12)6-10(13)14/h2-5H,6H2,1H3,(H,13,14). The fraction of sp³-hybridized carbons (Fsp3) is 0.200. The molecular formula is C10H10N2O2. The summed E-state index contributed by atoms with van der Waals surface area (Å²) in [4.78, 5) is 10.5. The SMILES string of the molecule is Cc1cccn2nc(CC(=O)O)cc12. The number of aryl methyl sites for hydroxylation is 1. The van der Waals surface area contributed by atoms with Crippen molar-refractivity contribution in [3.8, 4) is 0 Å². The van der Waals surface area contributed by atoms with Gasteiger partial charge in [0.25, 0.3) is 0 Å². The number of fused-ring (bicyclic) bond motifs is 1. The van der Waals surface area contributed by atoms with E-state index in [0.717, 1.165) is 11.1 Å². The summed E-state index contributed by atoms with van der Waals surface area (Å²) in [5, 5.41) is 12.8. The van der Waals surface area contributed by atoms with Crippen molar-refractivity contribution in [1.29, 1.82) is 0 Å². The number of hydrogen-bond acceptors (Lipinski definition) is 2. The zero-order chi connectivity index (χ0) is 10.1. The molecular weight excluding hydrogens is 180 g/mol. The van der Waals surface area contributed by atoms with Gasteiger partial charge in [0, 0.05) is 6.20 Å². The van der Waals surface area contributed by atoms with Gasteiger partial charge in [-0.1, -0.05) is 6.07 Å². The Morgan fingerprint density at radius 1 is 1.64 bits per heavy atom. The first-order chi connectivity index (χ1) is 6.66. The fourth-order valence-corrected chi connectivity index (χ4v) is 1.45. The lowest BCUT2D eigenvalue weighted by Crippen LogP contribution is -2.00. The van der Waals surface area contributed by atoms with E-state index >= 15 is 0 Å². The lowest BCUT2D eigenvalue weighted by Gasteiger charge is -1.94. The van der Waals surface area contributed by atoms with Crippen LogP contribution in [-0.4, -0.2) is 20.7 Å². The molecule has 2 aromatic rings. The molecule has 72 valence electrons. The molecule has 2 rings (SSSR count). The molecule has 4 nitrogen and oxygen atoms in total. The monoisotopic (exact) mass is 190 g/mol. The van der Waals surface area contributed by atoms with Gasteiger partial charge >= 0.3 is 5.97 Å². The third-order valence-electron chi connectivity index (χ3n) is 2.10. The second kappa shape index (κ2) is 3.14. The van der Waals surface area contributed by atoms with Crippen LogP contribution >= 0.6 is 0 Å². The predicted octanol–water partition coefficient (Wildman–Crippen LogP) is 1.27. The van der Waals surface area contributed by atoms with E-state index in [0.29, 0.717) is 5.69 Å². The van der Waals surface area contributed by atoms with Crippen molar-refractivity contribution in [1.82, 2.24) is 9.61 Å². The second-order valence-corrected chi connectivity index (χ2v) is 3.23. The highest BCUT2D eigenvalue weighted by Crippen LogP contribution is 2.11. The summed E-state index contributed by atoms with van der Waals surface area (Å²) in [6, 6.07) is 5.67. The van der Waals surface area contributed by atoms with Crippen LogP contribution < -0.4 is 0 Å². The number of carboxylic acid groups (broad SMARTS) is 1. The molecule has 0 aliphatic rings. The number of hydrogen-bond donors (Lipinski definition) is 1. The van der Waals surface area contributed by atoms with E-state index in [-0.39, 0.29) is 6.42 Å². The molecule has 0 aliphatic heterocycles. The van der Waals surface area contributed by atoms with Crippen LogP contribution in [0.3, 0.4) is 0 Å². The first kappa shape index (κ1) is 8.74. The Bertz CT molecular complexity index is 488. The number of rotatable bonds is 2. The average molecular weight is 190 g/mol. The van der Waals surface area contributed by atoms with E-state index in [1.165, 1.54) is 0 Å². The quantitative estimate of drug-likeness (QED) is 0.775. The van der Waals surface area contributed by atoms with Crippen molar-refractivity contribution in [3.05, 3.63) is 35.7 Å². The van der Waals surface area contributed by atoms with Crippen LogP contribution in [0.15, 0.2) is 24.4 Å². The predicted molar refractivity (Wildman–Crippen MR) is 51.3 cm³/mol. The van der Waals surface area contributed by atoms with E-state index in [1.54, 1.807) is 4.52 Å². The average Bonchev–Trinajstić information content (AvgIpc) is 2.47. The Morgan fingerprint density at radius 3 is 3.07 bits per heavy atom. The molecule has 0 spiro atoms. The Hall–Kier alpha value is -1.84. The summed E-state index contributed by atoms with van der Waals surface area (Å²) < 4.78 is 1.70. The van der Waals surface area contributed by atoms with Gasteiger partial charge in [-0.15, -0.1) is 0 Å². The molecule has 14 heavy (non-hydrogen) atoms. The number of nitrogens with zero attached hydrogens (tertiary/aromatic N) is 2. The van der Waals surface area contributed by atoms with Crippen LogP contribution in [0, 0.1) is 6.92 Å². The minimum atomic E-state index is -0.856. The summed E-state index contributed by atoms with van der Waals surface area (Å²) in [7, 11) is 0. The Balaban J connectivity index is 2.51. The van der Waals surface area contributed by atoms with Crippen LogP contribution in [0.5, 0.6) is 0 Å². The maximum absolute atomic E-state index is 10.5. The Kier molecular flexibility index (Phi) is 1.96. The van der Waals surface area contributed by atoms with Gasteiger partial charge in [-0.3, -0.25) is 4.79 Å². The van der Waals surface area contributed by atoms with E-state index < -0.39 is 5.97 Å². The minimum Gasteiger partial charge on any atom is -0.481 e. The van der Waals surface area contributed by atoms with Crippen molar-refractivity contribution in [2.24, 2.45) is 0 Å². The number of aliphatic carboxylic acids is 1. The molecule has 0 saturated carbocycles. The molecule has 1 N–H and O–H groups in total. The lowest BCUT2D eigenvalue weighted by molar-refractivity contribution is -0.136. The number of pyridine rings is 1. The molecule has 4 heteroatoms. The summed E-state index contributed by atoms with van der Waals surface area (Å²) in [6.45, 7) is 1.97. The maximum Gasteiger partial charge on any atom is 0.309 e. The zero-order valence-corrected chi connectivity index (χ0v) is 7.77. The first-order valence-electron chi connectivity index (χ1n) is 4.32. The molecule has 2 heterocycles. The van der Waals surface area contributed by atoms with E-state index in [4.69, 9.17) is 5.11 Å². The molecule has 0 fully saturated rings. The summed E-state index contributed by atoms with van der Waals surface area (Å²) in [5.74, 6) is -0.856. The highest BCUT2D eigenvalue weighted by atomic mass is 16.4. The van der Waals surface area contributed by atoms with Crippen molar-refractivity contribution in [3.63, 3.8) is 0 Å². The second-order valence-electron chi connectivity index (χ2n) is 3.23. The highest BCUT2D eigenvalue weighted by Gasteiger charge is 2.06. The summed E-state index contributed by atoms with van der Waals surface area (Å²) >= 11 is 0. The van der Waals surface area contributed by atoms with Crippen LogP contribution in [0.2, 0.25) is 0 Å². The van der Waals surface area contributed by atoms with Crippen LogP contribution in [0.25, 0.3) is 5.52 Å². The Labute approximate surface area is 80.8 Å². The molecule has 0 aliphatic carbocycles. The number of carboxylic acids is 1. The van der Waals surface area contributed by atoms with Gasteiger partial charge in [-0.25, -0.2) is 4.52 Å². The molecule has 2 aromatic heterocycles. The van der Waals surface area contributed by atoms with E-state index in [2.05, 4.69) is 5.10 Å². The van der Waals surface area contributed by atoms with Crippen molar-refractivity contribution in [2.45, 2.75) is 13.3 Å². The lowest BCUT2D eigenvalue weighted by atomic mass is 10.2. The van der Waals surface area contributed by atoms with Gasteiger partial charge < -0.3 is 5.11 Å². The van der Waals surface area contributed by atoms with Gasteiger partial charge in [-0.2, -0.15) is 5.10 Å². The molecule has 0 bridgehead atoms. The first-order valence-corrected chi connectivity index (χ1v) is 4.32. The van der Waals surface area contributed by atoms with E-state index in [1.807, 2.05) is 31.3 Å². The molecule has 0 unspecified atom stereocenters. The van der Waals surface area contributed by atoms with Gasteiger partial charge in [0.05, 0.1) is 17.6 Å². The van der Waals surface area contributed by atoms with E-state index in [9.17, 15) is 4.79 Å². The summed E-state index contributed by atoms with van der Waals surface area (Å²) in [5.41, 5.74) is 2.65. The van der Waals surface area contributed by atoms with Crippen LogP contribution in [0.4, 0.5) is 0 Å². The van der Waals surface area contributed by atoms with Gasteiger partial charge in [0.2, 0.25) is 0 Å². The Morgan fingerprint density at radius 2 is 2.43 bits per heavy atom. The van der Waals surface area contributed by atoms with Gasteiger partial charge in [0.1, 0.15) is 0 Å². The minimum absolute atomic E-state index is 0.0267. The molecule has 0 amide bonds. The van der Waals surface area contributed by atoms with Gasteiger partial charge in [-0.05, 0) is 24.6 Å². The largest absolute Gasteiger partial charge is 0.481 e. The zero-order valence-electron chi connectivity index (χ0n) is 7.77. The van der Waals surface area contributed by atoms with Crippen LogP contribution in [0.1, 0.15) is 11.3 Å². The molecule has 0 atom stereocenters. The van der Waals surface area contributed by atoms with Crippen molar-refractivity contribution < 1.29 is 9.90 Å². The smallest absolute Gasteiger partial charge is 0.309 e. The number of aromatic nitrogens is 2. The third-order valence-corrected chi connectivity index (χ3v) is 2.10. The van der Waals surface area contributed by atoms with Crippen LogP contribution in [-0.2, 0) is 11.2 Å². The van der Waals surface area contributed by atoms with Gasteiger partial charge in [0.15, 0.2) is 0 Å². The topological polar surface area (TPSA) is 54.6 Å². The van der Waals surface area contributed by atoms with Crippen molar-refractivity contribution in [2.75, 3.05) is 0 Å². The third kappa shape index (κ3) is 1.46.